The number of aromatic nitrogens is 1. The van der Waals surface area contributed by atoms with E-state index in [9.17, 15) is 10.1 Å². The van der Waals surface area contributed by atoms with Gasteiger partial charge in [-0.05, 0) is 17.2 Å². The van der Waals surface area contributed by atoms with Gasteiger partial charge in [0, 0.05) is 35.4 Å². The zero-order chi connectivity index (χ0) is 21.0. The average molecular weight is 412 g/mol. The molecular formula is C22H25N3O3S. The van der Waals surface area contributed by atoms with Gasteiger partial charge < -0.3 is 10.1 Å². The van der Waals surface area contributed by atoms with Crippen LogP contribution in [0.5, 0.6) is 5.75 Å². The number of thiazole rings is 1. The van der Waals surface area contributed by atoms with Gasteiger partial charge in [0.15, 0.2) is 5.13 Å². The third kappa shape index (κ3) is 5.12. The molecule has 7 heteroatoms. The Morgan fingerprint density at radius 1 is 1.14 bits per heavy atom. The molecule has 0 atom stereocenters. The number of benzene rings is 2. The Labute approximate surface area is 174 Å². The van der Waals surface area contributed by atoms with Gasteiger partial charge in [0.1, 0.15) is 5.75 Å². The lowest BCUT2D eigenvalue weighted by molar-refractivity contribution is -0.384. The van der Waals surface area contributed by atoms with Crippen LogP contribution in [0.2, 0.25) is 0 Å². The van der Waals surface area contributed by atoms with E-state index >= 15 is 0 Å². The smallest absolute Gasteiger partial charge is 0.269 e. The van der Waals surface area contributed by atoms with E-state index in [4.69, 9.17) is 9.72 Å². The molecule has 0 bridgehead atoms. The summed E-state index contributed by atoms with van der Waals surface area (Å²) >= 11 is 1.64. The summed E-state index contributed by atoms with van der Waals surface area (Å²) in [5, 5.41) is 15.0. The Bertz CT molecular complexity index is 991. The maximum atomic E-state index is 10.8. The molecule has 6 nitrogen and oxygen atoms in total. The molecule has 0 saturated carbocycles. The molecule has 0 saturated heterocycles. The van der Waals surface area contributed by atoms with Crippen LogP contribution in [0.4, 0.5) is 10.8 Å². The maximum absolute atomic E-state index is 10.8. The third-order valence-electron chi connectivity index (χ3n) is 4.54. The number of nitro groups is 1. The molecule has 0 fully saturated rings. The Morgan fingerprint density at radius 3 is 2.45 bits per heavy atom. The number of ether oxygens (including phenoxy) is 1. The molecule has 29 heavy (non-hydrogen) atoms. The lowest BCUT2D eigenvalue weighted by Crippen LogP contribution is -2.14. The minimum absolute atomic E-state index is 0.0822. The van der Waals surface area contributed by atoms with Crippen molar-refractivity contribution in [2.45, 2.75) is 39.2 Å². The number of hydrogen-bond donors (Lipinski definition) is 1. The summed E-state index contributed by atoms with van der Waals surface area (Å²) < 4.78 is 5.50. The van der Waals surface area contributed by atoms with Crippen LogP contribution >= 0.6 is 11.3 Å². The number of rotatable bonds is 7. The highest BCUT2D eigenvalue weighted by Gasteiger charge is 2.24. The first-order valence-corrected chi connectivity index (χ1v) is 10.2. The highest BCUT2D eigenvalue weighted by atomic mass is 32.1. The van der Waals surface area contributed by atoms with E-state index in [0.717, 1.165) is 34.1 Å². The summed E-state index contributed by atoms with van der Waals surface area (Å²) in [6.07, 6.45) is 0.757. The Kier molecular flexibility index (Phi) is 6.17. The molecule has 0 amide bonds. The molecule has 0 aliphatic heterocycles. The molecule has 0 spiro atoms. The van der Waals surface area contributed by atoms with Crippen molar-refractivity contribution in [3.8, 4) is 5.75 Å². The highest BCUT2D eigenvalue weighted by Crippen LogP contribution is 2.35. The second-order valence-corrected chi connectivity index (χ2v) is 8.89. The Morgan fingerprint density at radius 2 is 1.83 bits per heavy atom. The van der Waals surface area contributed by atoms with Crippen LogP contribution in [0.3, 0.4) is 0 Å². The first-order valence-electron chi connectivity index (χ1n) is 9.37. The van der Waals surface area contributed by atoms with Crippen molar-refractivity contribution in [1.82, 2.24) is 4.98 Å². The van der Waals surface area contributed by atoms with Gasteiger partial charge in [0.25, 0.3) is 5.69 Å². The summed E-state index contributed by atoms with van der Waals surface area (Å²) in [6.45, 7) is 7.04. The van der Waals surface area contributed by atoms with E-state index in [-0.39, 0.29) is 11.1 Å². The average Bonchev–Trinajstić information content (AvgIpc) is 3.10. The van der Waals surface area contributed by atoms with Gasteiger partial charge in [-0.15, -0.1) is 11.3 Å². The first kappa shape index (κ1) is 20.8. The fourth-order valence-electron chi connectivity index (χ4n) is 3.07. The minimum Gasteiger partial charge on any atom is -0.496 e. The molecule has 0 aliphatic rings. The highest BCUT2D eigenvalue weighted by molar-refractivity contribution is 7.15. The van der Waals surface area contributed by atoms with Crippen molar-refractivity contribution >= 4 is 22.2 Å². The molecule has 1 aromatic heterocycles. The number of non-ortho nitro benzene ring substituents is 1. The van der Waals surface area contributed by atoms with Crippen LogP contribution < -0.4 is 10.1 Å². The fourth-order valence-corrected chi connectivity index (χ4v) is 4.26. The van der Waals surface area contributed by atoms with Gasteiger partial charge in [-0.1, -0.05) is 51.1 Å². The Hall–Kier alpha value is -2.93. The van der Waals surface area contributed by atoms with Crippen LogP contribution in [-0.4, -0.2) is 17.0 Å². The molecule has 0 unspecified atom stereocenters. The van der Waals surface area contributed by atoms with Crippen LogP contribution in [0.25, 0.3) is 0 Å². The normalized spacial score (nSPS) is 11.3. The van der Waals surface area contributed by atoms with Crippen LogP contribution in [-0.2, 0) is 18.4 Å². The van der Waals surface area contributed by atoms with E-state index in [1.807, 2.05) is 18.2 Å². The topological polar surface area (TPSA) is 77.3 Å². The molecule has 1 N–H and O–H groups in total. The Balaban J connectivity index is 1.80. The summed E-state index contributed by atoms with van der Waals surface area (Å²) in [5.41, 5.74) is 3.18. The molecular weight excluding hydrogens is 386 g/mol. The standard InChI is InChI=1S/C22H25N3O3S/c1-22(2,3)20-19(13-16-7-5-6-8-18(16)28-4)29-21(24-20)23-14-15-9-11-17(12-10-15)25(26)27/h5-12H,13-14H2,1-4H3,(H,23,24). The molecule has 2 aromatic carbocycles. The number of nitrogens with zero attached hydrogens (tertiary/aromatic N) is 2. The molecule has 152 valence electrons. The predicted molar refractivity (Wildman–Crippen MR) is 117 cm³/mol. The second-order valence-electron chi connectivity index (χ2n) is 7.81. The van der Waals surface area contributed by atoms with Crippen molar-refractivity contribution in [3.63, 3.8) is 0 Å². The maximum Gasteiger partial charge on any atom is 0.269 e. The van der Waals surface area contributed by atoms with Crippen molar-refractivity contribution in [2.24, 2.45) is 0 Å². The molecule has 0 radical (unpaired) electrons. The van der Waals surface area contributed by atoms with E-state index in [0.29, 0.717) is 6.54 Å². The first-order chi connectivity index (χ1) is 13.8. The summed E-state index contributed by atoms with van der Waals surface area (Å²) in [5.74, 6) is 0.876. The quantitative estimate of drug-likeness (QED) is 0.407. The number of nitrogens with one attached hydrogen (secondary N) is 1. The monoisotopic (exact) mass is 411 g/mol. The van der Waals surface area contributed by atoms with Gasteiger partial charge in [-0.25, -0.2) is 4.98 Å². The molecule has 1 heterocycles. The lowest BCUT2D eigenvalue weighted by atomic mass is 9.90. The van der Waals surface area contributed by atoms with Gasteiger partial charge in [-0.3, -0.25) is 10.1 Å². The van der Waals surface area contributed by atoms with E-state index in [2.05, 4.69) is 32.2 Å². The van der Waals surface area contributed by atoms with Crippen molar-refractivity contribution < 1.29 is 9.66 Å². The van der Waals surface area contributed by atoms with Crippen molar-refractivity contribution in [1.29, 1.82) is 0 Å². The SMILES string of the molecule is COc1ccccc1Cc1sc(NCc2ccc([N+](=O)[O-])cc2)nc1C(C)(C)C. The largest absolute Gasteiger partial charge is 0.496 e. The third-order valence-corrected chi connectivity index (χ3v) is 5.56. The van der Waals surface area contributed by atoms with Gasteiger partial charge in [-0.2, -0.15) is 0 Å². The fraction of sp³-hybridized carbons (Fsp3) is 0.318. The van der Waals surface area contributed by atoms with Crippen molar-refractivity contribution in [3.05, 3.63) is 80.3 Å². The van der Waals surface area contributed by atoms with Gasteiger partial charge in [0.2, 0.25) is 0 Å². The van der Waals surface area contributed by atoms with E-state index in [1.165, 1.54) is 17.0 Å². The molecule has 3 aromatic rings. The summed E-state index contributed by atoms with van der Waals surface area (Å²) in [4.78, 5) is 16.5. The van der Waals surface area contributed by atoms with Crippen molar-refractivity contribution in [2.75, 3.05) is 12.4 Å². The van der Waals surface area contributed by atoms with Gasteiger partial charge >= 0.3 is 0 Å². The predicted octanol–water partition coefficient (Wildman–Crippen LogP) is 5.56. The minimum atomic E-state index is -0.391. The second kappa shape index (κ2) is 8.61. The van der Waals surface area contributed by atoms with Crippen LogP contribution in [0.1, 0.15) is 42.5 Å². The summed E-state index contributed by atoms with van der Waals surface area (Å²) in [6, 6.07) is 14.6. The number of anilines is 1. The van der Waals surface area contributed by atoms with E-state index < -0.39 is 4.92 Å². The number of para-hydroxylation sites is 1. The number of hydrogen-bond acceptors (Lipinski definition) is 6. The van der Waals surface area contributed by atoms with Crippen LogP contribution in [0.15, 0.2) is 48.5 Å². The number of methoxy groups -OCH3 is 1. The van der Waals surface area contributed by atoms with Crippen LogP contribution in [0, 0.1) is 10.1 Å². The zero-order valence-corrected chi connectivity index (χ0v) is 17.9. The lowest BCUT2D eigenvalue weighted by Gasteiger charge is -2.18. The van der Waals surface area contributed by atoms with Gasteiger partial charge in [0.05, 0.1) is 17.7 Å². The molecule has 3 rings (SSSR count). The zero-order valence-electron chi connectivity index (χ0n) is 17.1. The summed E-state index contributed by atoms with van der Waals surface area (Å²) in [7, 11) is 1.69. The molecule has 0 aliphatic carbocycles. The van der Waals surface area contributed by atoms with E-state index in [1.54, 1.807) is 30.6 Å². The number of nitro benzene ring substituents is 1.